The maximum Gasteiger partial charge on any atom is 0.235 e. The summed E-state index contributed by atoms with van der Waals surface area (Å²) in [7, 11) is 2.68. The number of aryl methyl sites for hydroxylation is 1. The highest BCUT2D eigenvalue weighted by molar-refractivity contribution is 7.92. The molecule has 0 spiro atoms. The Morgan fingerprint density at radius 3 is 2.28 bits per heavy atom. The minimum Gasteiger partial charge on any atom is -0.497 e. The van der Waals surface area contributed by atoms with Crippen LogP contribution in [0.4, 0.5) is 5.69 Å². The Morgan fingerprint density at radius 1 is 0.920 bits per heavy atom. The molecule has 0 amide bonds. The third-order valence-corrected chi connectivity index (χ3v) is 5.70. The fourth-order valence-corrected chi connectivity index (χ4v) is 3.60. The van der Waals surface area contributed by atoms with Gasteiger partial charge in [-0.05, 0) is 36.2 Å². The fraction of sp³-hybridized carbons (Fsp3) is 0.333. The average Bonchev–Trinajstić information content (AvgIpc) is 2.65. The Kier molecular flexibility index (Phi) is 6.14. The van der Waals surface area contributed by atoms with E-state index < -0.39 is 10.0 Å². The van der Waals surface area contributed by atoms with Crippen LogP contribution in [-0.2, 0) is 16.4 Å². The van der Waals surface area contributed by atoms with Gasteiger partial charge in [-0.3, -0.25) is 4.31 Å². The number of hydrogen-bond acceptors (Lipinski definition) is 5. The van der Waals surface area contributed by atoms with Crippen LogP contribution in [0.5, 0.6) is 17.2 Å². The summed E-state index contributed by atoms with van der Waals surface area (Å²) in [4.78, 5) is 0. The van der Waals surface area contributed by atoms with Gasteiger partial charge < -0.3 is 14.2 Å². The summed E-state index contributed by atoms with van der Waals surface area (Å²) in [6, 6.07) is 12.4. The molecule has 0 atom stereocenters. The van der Waals surface area contributed by atoms with Crippen molar-refractivity contribution in [1.82, 2.24) is 0 Å². The summed E-state index contributed by atoms with van der Waals surface area (Å²) in [6.07, 6.45) is 0.400. The van der Waals surface area contributed by atoms with E-state index in [9.17, 15) is 8.42 Å². The van der Waals surface area contributed by atoms with Crippen molar-refractivity contribution in [2.75, 3.05) is 38.4 Å². The van der Waals surface area contributed by atoms with Gasteiger partial charge in [0.15, 0.2) is 11.5 Å². The molecule has 2 rings (SSSR count). The number of sulfonamides is 1. The molecule has 0 unspecified atom stereocenters. The van der Waals surface area contributed by atoms with Crippen LogP contribution < -0.4 is 18.5 Å². The first-order valence-corrected chi connectivity index (χ1v) is 9.33. The first kappa shape index (κ1) is 18.9. The molecule has 136 valence electrons. The van der Waals surface area contributed by atoms with E-state index in [0.717, 1.165) is 5.56 Å². The molecule has 0 aromatic heterocycles. The molecule has 0 saturated heterocycles. The quantitative estimate of drug-likeness (QED) is 0.720. The lowest BCUT2D eigenvalue weighted by Gasteiger charge is -2.21. The second kappa shape index (κ2) is 8.11. The predicted octanol–water partition coefficient (Wildman–Crippen LogP) is 2.72. The maximum atomic E-state index is 12.6. The smallest absolute Gasteiger partial charge is 0.235 e. The lowest BCUT2D eigenvalue weighted by molar-refractivity contribution is 0.355. The average molecular weight is 365 g/mol. The van der Waals surface area contributed by atoms with E-state index in [1.54, 1.807) is 25.3 Å². The molecule has 25 heavy (non-hydrogen) atoms. The molecule has 0 radical (unpaired) electrons. The molecular weight excluding hydrogens is 342 g/mol. The fourth-order valence-electron chi connectivity index (χ4n) is 2.39. The van der Waals surface area contributed by atoms with Crippen LogP contribution in [0, 0.1) is 0 Å². The SMILES string of the molecule is COc1cccc(CCS(=O)(=O)N(C)c2ccc(OC)c(OC)c2)c1. The summed E-state index contributed by atoms with van der Waals surface area (Å²) < 4.78 is 42.1. The Hall–Kier alpha value is -2.41. The summed E-state index contributed by atoms with van der Waals surface area (Å²) in [5.41, 5.74) is 1.42. The molecule has 7 heteroatoms. The standard InChI is InChI=1S/C18H23NO5S/c1-19(15-8-9-17(23-3)18(13-15)24-4)25(20,21)11-10-14-6-5-7-16(12-14)22-2/h5-9,12-13H,10-11H2,1-4H3. The van der Waals surface area contributed by atoms with Crippen LogP contribution >= 0.6 is 0 Å². The van der Waals surface area contributed by atoms with Gasteiger partial charge in [-0.15, -0.1) is 0 Å². The zero-order valence-electron chi connectivity index (χ0n) is 14.9. The van der Waals surface area contributed by atoms with Crippen LogP contribution in [-0.4, -0.2) is 42.5 Å². The number of anilines is 1. The van der Waals surface area contributed by atoms with Crippen molar-refractivity contribution in [1.29, 1.82) is 0 Å². The van der Waals surface area contributed by atoms with Crippen molar-refractivity contribution in [3.63, 3.8) is 0 Å². The number of hydrogen-bond donors (Lipinski definition) is 0. The van der Waals surface area contributed by atoms with Crippen molar-refractivity contribution >= 4 is 15.7 Å². The van der Waals surface area contributed by atoms with Crippen molar-refractivity contribution in [2.45, 2.75) is 6.42 Å². The van der Waals surface area contributed by atoms with Gasteiger partial charge in [-0.25, -0.2) is 8.42 Å². The van der Waals surface area contributed by atoms with Crippen LogP contribution in [0.1, 0.15) is 5.56 Å². The molecule has 0 aliphatic rings. The number of benzene rings is 2. The van der Waals surface area contributed by atoms with Gasteiger partial charge in [0, 0.05) is 13.1 Å². The number of ether oxygens (including phenoxy) is 3. The van der Waals surface area contributed by atoms with Gasteiger partial charge in [-0.2, -0.15) is 0 Å². The maximum absolute atomic E-state index is 12.6. The molecule has 0 fully saturated rings. The second-order valence-corrected chi connectivity index (χ2v) is 7.54. The normalized spacial score (nSPS) is 11.0. The molecule has 0 bridgehead atoms. The summed E-state index contributed by atoms with van der Waals surface area (Å²) in [5, 5.41) is 0. The van der Waals surface area contributed by atoms with E-state index in [-0.39, 0.29) is 5.75 Å². The topological polar surface area (TPSA) is 65.1 Å². The number of nitrogens with zero attached hydrogens (tertiary/aromatic N) is 1. The Balaban J connectivity index is 2.15. The summed E-state index contributed by atoms with van der Waals surface area (Å²) >= 11 is 0. The molecule has 2 aromatic carbocycles. The minimum absolute atomic E-state index is 0.00892. The van der Waals surface area contributed by atoms with E-state index in [1.807, 2.05) is 24.3 Å². The molecule has 0 N–H and O–H groups in total. The van der Waals surface area contributed by atoms with Gasteiger partial charge in [-0.1, -0.05) is 12.1 Å². The van der Waals surface area contributed by atoms with Gasteiger partial charge >= 0.3 is 0 Å². The Bertz CT molecular complexity index is 820. The largest absolute Gasteiger partial charge is 0.497 e. The zero-order valence-corrected chi connectivity index (χ0v) is 15.7. The molecular formula is C18H23NO5S. The molecule has 0 saturated carbocycles. The summed E-state index contributed by atoms with van der Waals surface area (Å²) in [6.45, 7) is 0. The first-order chi connectivity index (χ1) is 11.9. The van der Waals surface area contributed by atoms with E-state index in [1.165, 1.54) is 25.6 Å². The molecule has 6 nitrogen and oxygen atoms in total. The van der Waals surface area contributed by atoms with Crippen molar-refractivity contribution in [3.8, 4) is 17.2 Å². The Morgan fingerprint density at radius 2 is 1.64 bits per heavy atom. The third-order valence-electron chi connectivity index (χ3n) is 3.93. The number of rotatable bonds is 8. The molecule has 0 aliphatic carbocycles. The highest BCUT2D eigenvalue weighted by Crippen LogP contribution is 2.32. The van der Waals surface area contributed by atoms with Gasteiger partial charge in [0.2, 0.25) is 10.0 Å². The van der Waals surface area contributed by atoms with E-state index >= 15 is 0 Å². The highest BCUT2D eigenvalue weighted by Gasteiger charge is 2.20. The van der Waals surface area contributed by atoms with E-state index in [4.69, 9.17) is 14.2 Å². The van der Waals surface area contributed by atoms with Crippen molar-refractivity contribution in [2.24, 2.45) is 0 Å². The van der Waals surface area contributed by atoms with Crippen LogP contribution in [0.15, 0.2) is 42.5 Å². The molecule has 0 aliphatic heterocycles. The minimum atomic E-state index is -3.48. The van der Waals surface area contributed by atoms with Gasteiger partial charge in [0.25, 0.3) is 0 Å². The lowest BCUT2D eigenvalue weighted by Crippen LogP contribution is -2.29. The van der Waals surface area contributed by atoms with Crippen molar-refractivity contribution < 1.29 is 22.6 Å². The Labute approximate surface area is 149 Å². The molecule has 2 aromatic rings. The van der Waals surface area contributed by atoms with Crippen LogP contribution in [0.2, 0.25) is 0 Å². The summed E-state index contributed by atoms with van der Waals surface area (Å²) in [5.74, 6) is 1.73. The second-order valence-electron chi connectivity index (χ2n) is 5.42. The molecule has 0 heterocycles. The highest BCUT2D eigenvalue weighted by atomic mass is 32.2. The van der Waals surface area contributed by atoms with Crippen molar-refractivity contribution in [3.05, 3.63) is 48.0 Å². The predicted molar refractivity (Wildman–Crippen MR) is 98.4 cm³/mol. The van der Waals surface area contributed by atoms with Gasteiger partial charge in [0.1, 0.15) is 5.75 Å². The van der Waals surface area contributed by atoms with E-state index in [0.29, 0.717) is 29.4 Å². The monoisotopic (exact) mass is 365 g/mol. The van der Waals surface area contributed by atoms with Crippen LogP contribution in [0.3, 0.4) is 0 Å². The third kappa shape index (κ3) is 4.57. The van der Waals surface area contributed by atoms with E-state index in [2.05, 4.69) is 0 Å². The van der Waals surface area contributed by atoms with Crippen LogP contribution in [0.25, 0.3) is 0 Å². The number of methoxy groups -OCH3 is 3. The zero-order chi connectivity index (χ0) is 18.4. The first-order valence-electron chi connectivity index (χ1n) is 7.73. The lowest BCUT2D eigenvalue weighted by atomic mass is 10.2. The van der Waals surface area contributed by atoms with Gasteiger partial charge in [0.05, 0.1) is 32.8 Å².